The molecule has 11 rings (SSSR count). The molecule has 0 aliphatic carbocycles. The van der Waals surface area contributed by atoms with Gasteiger partial charge in [0.15, 0.2) is 23.3 Å². The van der Waals surface area contributed by atoms with Gasteiger partial charge in [0.1, 0.15) is 108 Å². The number of hydrogen-bond donors (Lipinski definition) is 1. The van der Waals surface area contributed by atoms with Crippen LogP contribution in [0, 0.1) is 0 Å². The van der Waals surface area contributed by atoms with Gasteiger partial charge in [0.05, 0.1) is 44.4 Å². The molecule has 4 bridgehead atoms. The van der Waals surface area contributed by atoms with E-state index in [0.29, 0.717) is 119 Å². The summed E-state index contributed by atoms with van der Waals surface area (Å²) in [6.07, 6.45) is 15.0. The molecule has 460 valence electrons. The van der Waals surface area contributed by atoms with Crippen LogP contribution in [0.5, 0.6) is 34.5 Å². The average Bonchev–Trinajstić information content (AvgIpc) is 1.13. The van der Waals surface area contributed by atoms with Gasteiger partial charge >= 0.3 is 6.09 Å². The number of pyridine rings is 3. The Morgan fingerprint density at radius 2 is 1.21 bits per heavy atom. The number of carbonyl (C=O) groups excluding carboxylic acids is 4. The molecule has 0 unspecified atom stereocenters. The average molecular weight is 1220 g/mol. The first kappa shape index (κ1) is 62.9. The number of Topliss-reactive ketones (excluding diaryl/α,β-unsaturated/α-hetero) is 1. The summed E-state index contributed by atoms with van der Waals surface area (Å²) in [7, 11) is 4.59. The number of aromatic nitrogens is 12. The molecule has 3 amide bonds. The number of amides is 3. The quantitative estimate of drug-likeness (QED) is 0.118. The van der Waals surface area contributed by atoms with Gasteiger partial charge in [-0.2, -0.15) is 4.90 Å². The zero-order valence-corrected chi connectivity index (χ0v) is 50.3. The topological polar surface area (TPSA) is 279 Å². The van der Waals surface area contributed by atoms with E-state index in [1.54, 1.807) is 137 Å². The van der Waals surface area contributed by atoms with Crippen molar-refractivity contribution in [1.29, 1.82) is 0 Å². The molecule has 2 aliphatic heterocycles. The van der Waals surface area contributed by atoms with Crippen LogP contribution in [0.1, 0.15) is 57.5 Å². The van der Waals surface area contributed by atoms with Crippen molar-refractivity contribution in [3.63, 3.8) is 0 Å². The Morgan fingerprint density at radius 3 is 1.84 bits per heavy atom. The predicted molar refractivity (Wildman–Crippen MR) is 333 cm³/mol. The van der Waals surface area contributed by atoms with E-state index in [0.717, 1.165) is 4.90 Å². The molecule has 2 aliphatic rings. The zero-order valence-electron chi connectivity index (χ0n) is 50.3. The molecule has 3 aromatic carbocycles. The molecule has 0 saturated carbocycles. The van der Waals surface area contributed by atoms with E-state index < -0.39 is 17.6 Å². The van der Waals surface area contributed by atoms with Crippen LogP contribution >= 0.6 is 0 Å². The Labute approximate surface area is 518 Å². The third kappa shape index (κ3) is 15.9. The minimum absolute atomic E-state index is 0.0393. The van der Waals surface area contributed by atoms with E-state index in [4.69, 9.17) is 33.2 Å². The summed E-state index contributed by atoms with van der Waals surface area (Å²) in [5.41, 5.74) is 2.45. The Bertz CT molecular complexity index is 3940. The van der Waals surface area contributed by atoms with E-state index in [9.17, 15) is 19.2 Å². The minimum Gasteiger partial charge on any atom is -0.497 e. The Hall–Kier alpha value is -11.6. The van der Waals surface area contributed by atoms with Gasteiger partial charge in [-0.15, -0.1) is 37.2 Å². The lowest BCUT2D eigenvalue weighted by molar-refractivity contribution is 0.0562. The van der Waals surface area contributed by atoms with Crippen molar-refractivity contribution in [1.82, 2.24) is 59.2 Å². The van der Waals surface area contributed by atoms with Gasteiger partial charge in [-0.3, -0.25) is 14.4 Å². The van der Waals surface area contributed by atoms with E-state index in [1.807, 2.05) is 63.8 Å². The molecule has 9 aromatic rings. The smallest absolute Gasteiger partial charge is 0.423 e. The molecule has 90 heavy (non-hydrogen) atoms. The van der Waals surface area contributed by atoms with Crippen molar-refractivity contribution in [2.24, 2.45) is 0 Å². The lowest BCUT2D eigenvalue weighted by Gasteiger charge is -2.26. The fourth-order valence-corrected chi connectivity index (χ4v) is 8.84. The largest absolute Gasteiger partial charge is 0.497 e. The second-order valence-electron chi connectivity index (χ2n) is 20.4. The number of anilines is 2. The van der Waals surface area contributed by atoms with E-state index in [-0.39, 0.29) is 41.8 Å². The fraction of sp³-hybridized carbons (Fsp3) is 0.215. The van der Waals surface area contributed by atoms with Crippen molar-refractivity contribution < 1.29 is 52.3 Å². The molecule has 0 saturated heterocycles. The maximum atomic E-state index is 13.9. The van der Waals surface area contributed by atoms with E-state index in [2.05, 4.69) is 64.0 Å². The summed E-state index contributed by atoms with van der Waals surface area (Å²) in [6, 6.07) is 30.9. The fourth-order valence-electron chi connectivity index (χ4n) is 8.84. The van der Waals surface area contributed by atoms with Crippen LogP contribution < -0.4 is 38.6 Å². The highest BCUT2D eigenvalue weighted by molar-refractivity contribution is 6.20. The summed E-state index contributed by atoms with van der Waals surface area (Å²) in [6.45, 7) is 15.0. The van der Waals surface area contributed by atoms with Crippen LogP contribution in [-0.4, -0.2) is 130 Å². The molecule has 25 nitrogen and oxygen atoms in total. The lowest BCUT2D eigenvalue weighted by Crippen LogP contribution is -2.41. The minimum atomic E-state index is -0.901. The molecule has 25 heteroatoms. The number of benzene rings is 3. The summed E-state index contributed by atoms with van der Waals surface area (Å²) in [5.74, 6) is 3.88. The van der Waals surface area contributed by atoms with Gasteiger partial charge in [-0.05, 0) is 124 Å². The lowest BCUT2D eigenvalue weighted by atomic mass is 10.0. The first-order valence-corrected chi connectivity index (χ1v) is 28.1. The van der Waals surface area contributed by atoms with Crippen molar-refractivity contribution in [2.45, 2.75) is 52.4 Å². The van der Waals surface area contributed by atoms with Crippen LogP contribution in [-0.2, 0) is 30.8 Å². The number of ketones is 1. The van der Waals surface area contributed by atoms with E-state index in [1.165, 1.54) is 19.2 Å². The van der Waals surface area contributed by atoms with Gasteiger partial charge in [-0.25, -0.2) is 19.7 Å². The zero-order chi connectivity index (χ0) is 63.6. The molecule has 8 heterocycles. The molecule has 0 spiro atoms. The molecule has 6 aromatic heterocycles. The van der Waals surface area contributed by atoms with Crippen LogP contribution in [0.3, 0.4) is 0 Å². The highest BCUT2D eigenvalue weighted by Gasteiger charge is 2.33. The number of nitrogens with one attached hydrogen (secondary N) is 1. The van der Waals surface area contributed by atoms with Crippen LogP contribution in [0.15, 0.2) is 178 Å². The third-order valence-corrected chi connectivity index (χ3v) is 13.0. The number of hydrogen-bond acceptors (Lipinski definition) is 20. The maximum absolute atomic E-state index is 13.9. The van der Waals surface area contributed by atoms with Crippen LogP contribution in [0.4, 0.5) is 16.4 Å². The second-order valence-corrected chi connectivity index (χ2v) is 20.4. The maximum Gasteiger partial charge on any atom is 0.423 e. The Balaban J connectivity index is 0.000000162. The standard InChI is InChI=1S/C26H29N5O5.C20H18N4O3.C19H17N5O3/c1-7-14-30-17-27-29-23(30)20-10-9-11-22(28-20)31(25(33)36-26(3,4)5)24(32)19-16-18(34-6)12-13-21(19)35-15-8-2;1-26-15-7-8-19-16(12-15)18(25)11-14-5-4-6-17(22-14)20-23-21-13-24(20)9-2-3-10-27-19;1-26-13-7-8-16-14(11-13)19(25)22-17-6-4-5-15(21-17)18-23-20-12-24(18)9-2-3-10-27-16/h7-13,16-17H,1-2,14-15H2,3-6H3;2-8,12-13H,9-11H2,1H3;2-8,11-12H,9-10H2,1H3,(H,21,22,25). The molecular weight excluding hydrogens is 1150 g/mol. The van der Waals surface area contributed by atoms with Crippen molar-refractivity contribution in [2.75, 3.05) is 51.4 Å². The molecule has 0 radical (unpaired) electrons. The molecule has 0 atom stereocenters. The van der Waals surface area contributed by atoms with E-state index >= 15 is 0 Å². The second kappa shape index (κ2) is 29.6. The number of allylic oxidation sites excluding steroid dienone is 3. The monoisotopic (exact) mass is 1220 g/mol. The summed E-state index contributed by atoms with van der Waals surface area (Å²) in [5, 5.41) is 27.1. The van der Waals surface area contributed by atoms with Crippen molar-refractivity contribution >= 4 is 35.3 Å². The SMILES string of the molecule is C=CCOc1ccc(OC)cc1C(=O)N(C(=O)OC(C)(C)C)c1cccc(-c2nncn2CC=C)n1.COc1ccc2c(c1)C(=O)Cc1cccc(n1)-c1nncn1CC=CCO2.COc1ccc2c(c1)C(=O)Nc1cccc(n1)-c1nncn1CC=CCO2. The predicted octanol–water partition coefficient (Wildman–Crippen LogP) is 9.95. The summed E-state index contributed by atoms with van der Waals surface area (Å²) < 4.78 is 44.1. The van der Waals surface area contributed by atoms with Gasteiger partial charge < -0.3 is 52.2 Å². The van der Waals surface area contributed by atoms with Crippen LogP contribution in [0.25, 0.3) is 34.6 Å². The molecule has 0 fully saturated rings. The number of carbonyl (C=O) groups is 4. The normalized spacial score (nSPS) is 12.6. The molecule has 1 N–H and O–H groups in total. The third-order valence-electron chi connectivity index (χ3n) is 13.0. The number of nitrogens with zero attached hydrogens (tertiary/aromatic N) is 13. The summed E-state index contributed by atoms with van der Waals surface area (Å²) >= 11 is 0. The first-order valence-electron chi connectivity index (χ1n) is 28.1. The first-order chi connectivity index (χ1) is 43.7. The number of fused-ring (bicyclic) bond motifs is 10. The number of methoxy groups -OCH3 is 3. The van der Waals surface area contributed by atoms with Gasteiger partial charge in [0.2, 0.25) is 0 Å². The summed E-state index contributed by atoms with van der Waals surface area (Å²) in [4.78, 5) is 67.4. The number of ether oxygens (including phenoxy) is 7. The highest BCUT2D eigenvalue weighted by Crippen LogP contribution is 2.32. The van der Waals surface area contributed by atoms with Gasteiger partial charge in [0, 0.05) is 25.3 Å². The number of imide groups is 1. The Kier molecular flexibility index (Phi) is 20.7. The Morgan fingerprint density at radius 1 is 0.644 bits per heavy atom. The number of rotatable bonds is 11. The van der Waals surface area contributed by atoms with Gasteiger partial charge in [0.25, 0.3) is 11.8 Å². The van der Waals surface area contributed by atoms with Crippen molar-refractivity contribution in [3.8, 4) is 69.1 Å². The molecular formula is C65H64N14O11. The van der Waals surface area contributed by atoms with Gasteiger partial charge in [-0.1, -0.05) is 49.1 Å². The van der Waals surface area contributed by atoms with Crippen LogP contribution in [0.2, 0.25) is 0 Å². The highest BCUT2D eigenvalue weighted by atomic mass is 16.6. The van der Waals surface area contributed by atoms with Crippen molar-refractivity contribution in [3.05, 3.63) is 200 Å².